The summed E-state index contributed by atoms with van der Waals surface area (Å²) in [5.74, 6) is -0.570. The molecule has 0 atom stereocenters. The number of hydrogen-bond acceptors (Lipinski definition) is 7. The standard InChI is InChI=1S/C28H24N4O6S/c1-38-27-17-16-22(18-26(27)32(34)35)19-29-30-28(33)24-14-8-9-15-25(24)31(20-21-10-4-2-5-11-21)39(36,37)23-12-6-3-7-13-23/h2-19H,20H2,1H3,(H,30,33)/b29-19+. The van der Waals surface area contributed by atoms with Crippen LogP contribution in [0.1, 0.15) is 21.5 Å². The Morgan fingerprint density at radius 3 is 2.28 bits per heavy atom. The number of nitro groups is 1. The predicted octanol–water partition coefficient (Wildman–Crippen LogP) is 4.76. The summed E-state index contributed by atoms with van der Waals surface area (Å²) < 4.78 is 33.7. The zero-order chi connectivity index (χ0) is 27.8. The fourth-order valence-electron chi connectivity index (χ4n) is 3.81. The van der Waals surface area contributed by atoms with Gasteiger partial charge < -0.3 is 4.74 Å². The van der Waals surface area contributed by atoms with Gasteiger partial charge in [-0.05, 0) is 42.0 Å². The fraction of sp³-hybridized carbons (Fsp3) is 0.0714. The highest BCUT2D eigenvalue weighted by atomic mass is 32.2. The Balaban J connectivity index is 1.66. The Hall–Kier alpha value is -5.03. The summed E-state index contributed by atoms with van der Waals surface area (Å²) in [6.45, 7) is -0.0128. The van der Waals surface area contributed by atoms with Crippen LogP contribution < -0.4 is 14.5 Å². The first-order chi connectivity index (χ1) is 18.8. The SMILES string of the molecule is COc1ccc(/C=N/NC(=O)c2ccccc2N(Cc2ccccc2)S(=O)(=O)c2ccccc2)cc1[N+](=O)[O-]. The van der Waals surface area contributed by atoms with E-state index in [9.17, 15) is 23.3 Å². The molecule has 0 saturated carbocycles. The number of methoxy groups -OCH3 is 1. The van der Waals surface area contributed by atoms with Gasteiger partial charge in [0.15, 0.2) is 5.75 Å². The molecular weight excluding hydrogens is 520 g/mol. The third kappa shape index (κ3) is 6.28. The minimum atomic E-state index is -4.05. The van der Waals surface area contributed by atoms with Gasteiger partial charge in [-0.3, -0.25) is 19.2 Å². The van der Waals surface area contributed by atoms with Crippen molar-refractivity contribution in [2.75, 3.05) is 11.4 Å². The van der Waals surface area contributed by atoms with Crippen molar-refractivity contribution in [2.24, 2.45) is 5.10 Å². The van der Waals surface area contributed by atoms with Gasteiger partial charge in [-0.25, -0.2) is 13.8 Å². The lowest BCUT2D eigenvalue weighted by molar-refractivity contribution is -0.385. The van der Waals surface area contributed by atoms with Gasteiger partial charge >= 0.3 is 5.69 Å². The average molecular weight is 545 g/mol. The molecule has 4 rings (SSSR count). The van der Waals surface area contributed by atoms with E-state index in [2.05, 4.69) is 10.5 Å². The summed E-state index contributed by atoms with van der Waals surface area (Å²) in [6, 6.07) is 27.5. The van der Waals surface area contributed by atoms with Gasteiger partial charge in [-0.15, -0.1) is 0 Å². The summed E-state index contributed by atoms with van der Waals surface area (Å²) in [5.41, 5.74) is 3.46. The Morgan fingerprint density at radius 1 is 0.974 bits per heavy atom. The second-order valence-corrected chi connectivity index (χ2v) is 10.1. The maximum absolute atomic E-state index is 13.7. The summed E-state index contributed by atoms with van der Waals surface area (Å²) in [6.07, 6.45) is 1.25. The number of amides is 1. The van der Waals surface area contributed by atoms with Crippen molar-refractivity contribution in [2.45, 2.75) is 11.4 Å². The molecule has 0 aliphatic heterocycles. The van der Waals surface area contributed by atoms with Crippen molar-refractivity contribution < 1.29 is 22.9 Å². The van der Waals surface area contributed by atoms with E-state index in [1.165, 1.54) is 48.0 Å². The fourth-order valence-corrected chi connectivity index (χ4v) is 5.30. The van der Waals surface area contributed by atoms with Crippen molar-refractivity contribution in [1.29, 1.82) is 0 Å². The molecule has 0 fully saturated rings. The van der Waals surface area contributed by atoms with E-state index in [0.717, 1.165) is 5.56 Å². The molecule has 0 unspecified atom stereocenters. The van der Waals surface area contributed by atoms with E-state index in [4.69, 9.17) is 4.74 Å². The van der Waals surface area contributed by atoms with Gasteiger partial charge in [0, 0.05) is 11.6 Å². The van der Waals surface area contributed by atoms with E-state index in [1.807, 2.05) is 6.07 Å². The first-order valence-electron chi connectivity index (χ1n) is 11.7. The highest BCUT2D eigenvalue weighted by molar-refractivity contribution is 7.92. The number of anilines is 1. The highest BCUT2D eigenvalue weighted by Crippen LogP contribution is 2.30. The van der Waals surface area contributed by atoms with Gasteiger partial charge in [-0.1, -0.05) is 60.7 Å². The number of nitrogens with zero attached hydrogens (tertiary/aromatic N) is 3. The van der Waals surface area contributed by atoms with Crippen LogP contribution in [-0.4, -0.2) is 32.6 Å². The predicted molar refractivity (Wildman–Crippen MR) is 147 cm³/mol. The summed E-state index contributed by atoms with van der Waals surface area (Å²) >= 11 is 0. The third-order valence-corrected chi connectivity index (χ3v) is 7.47. The van der Waals surface area contributed by atoms with Crippen LogP contribution >= 0.6 is 0 Å². The molecule has 0 radical (unpaired) electrons. The van der Waals surface area contributed by atoms with Gasteiger partial charge in [-0.2, -0.15) is 5.10 Å². The van der Waals surface area contributed by atoms with E-state index in [0.29, 0.717) is 5.56 Å². The number of carbonyl (C=O) groups is 1. The largest absolute Gasteiger partial charge is 0.490 e. The number of nitrogens with one attached hydrogen (secondary N) is 1. The minimum Gasteiger partial charge on any atom is -0.490 e. The van der Waals surface area contributed by atoms with Gasteiger partial charge in [0.25, 0.3) is 15.9 Å². The normalized spacial score (nSPS) is 11.2. The number of nitro benzene ring substituents is 1. The average Bonchev–Trinajstić information content (AvgIpc) is 2.96. The number of para-hydroxylation sites is 1. The lowest BCUT2D eigenvalue weighted by Gasteiger charge is -2.26. The molecule has 1 N–H and O–H groups in total. The lowest BCUT2D eigenvalue weighted by Crippen LogP contribution is -2.33. The first-order valence-corrected chi connectivity index (χ1v) is 13.1. The van der Waals surface area contributed by atoms with E-state index in [-0.39, 0.29) is 34.1 Å². The smallest absolute Gasteiger partial charge is 0.311 e. The first kappa shape index (κ1) is 27.0. The molecule has 11 heteroatoms. The molecule has 0 aliphatic rings. The highest BCUT2D eigenvalue weighted by Gasteiger charge is 2.28. The second kappa shape index (κ2) is 12.0. The van der Waals surface area contributed by atoms with Crippen LogP contribution in [0.5, 0.6) is 5.75 Å². The molecule has 0 aliphatic carbocycles. The summed E-state index contributed by atoms with van der Waals surface area (Å²) in [7, 11) is -2.73. The number of carbonyl (C=O) groups excluding carboxylic acids is 1. The van der Waals surface area contributed by atoms with Gasteiger partial charge in [0.2, 0.25) is 0 Å². The molecule has 4 aromatic carbocycles. The van der Waals surface area contributed by atoms with Crippen LogP contribution in [0.2, 0.25) is 0 Å². The van der Waals surface area contributed by atoms with E-state index in [1.54, 1.807) is 66.7 Å². The quantitative estimate of drug-likeness (QED) is 0.174. The van der Waals surface area contributed by atoms with Gasteiger partial charge in [0.1, 0.15) is 0 Å². The monoisotopic (exact) mass is 544 g/mol. The molecule has 1 amide bonds. The lowest BCUT2D eigenvalue weighted by atomic mass is 10.1. The van der Waals surface area contributed by atoms with E-state index < -0.39 is 20.9 Å². The number of benzene rings is 4. The molecule has 0 aromatic heterocycles. The molecule has 0 spiro atoms. The number of hydrazone groups is 1. The van der Waals surface area contributed by atoms with Crippen LogP contribution in [0.3, 0.4) is 0 Å². The number of ether oxygens (including phenoxy) is 1. The zero-order valence-corrected chi connectivity index (χ0v) is 21.6. The summed E-state index contributed by atoms with van der Waals surface area (Å²) in [4.78, 5) is 23.9. The molecule has 0 heterocycles. The zero-order valence-electron chi connectivity index (χ0n) is 20.8. The molecule has 39 heavy (non-hydrogen) atoms. The van der Waals surface area contributed by atoms with Crippen LogP contribution in [0.4, 0.5) is 11.4 Å². The Bertz CT molecular complexity index is 1610. The number of rotatable bonds is 10. The van der Waals surface area contributed by atoms with Crippen LogP contribution in [0.15, 0.2) is 113 Å². The molecular formula is C28H24N4O6S. The Morgan fingerprint density at radius 2 is 1.62 bits per heavy atom. The minimum absolute atomic E-state index is 0.0128. The van der Waals surface area contributed by atoms with Crippen LogP contribution in [-0.2, 0) is 16.6 Å². The molecule has 10 nitrogen and oxygen atoms in total. The topological polar surface area (TPSA) is 131 Å². The van der Waals surface area contributed by atoms with Crippen molar-refractivity contribution in [1.82, 2.24) is 5.43 Å². The number of hydrogen-bond donors (Lipinski definition) is 1. The van der Waals surface area contributed by atoms with Crippen LogP contribution in [0.25, 0.3) is 0 Å². The third-order valence-electron chi connectivity index (χ3n) is 5.70. The Kier molecular flexibility index (Phi) is 8.32. The molecule has 198 valence electrons. The maximum Gasteiger partial charge on any atom is 0.311 e. The molecule has 4 aromatic rings. The summed E-state index contributed by atoms with van der Waals surface area (Å²) in [5, 5.41) is 15.2. The van der Waals surface area contributed by atoms with E-state index >= 15 is 0 Å². The van der Waals surface area contributed by atoms with Crippen LogP contribution in [0, 0.1) is 10.1 Å². The molecule has 0 bridgehead atoms. The van der Waals surface area contributed by atoms with Gasteiger partial charge in [0.05, 0.1) is 40.9 Å². The molecule has 0 saturated heterocycles. The van der Waals surface area contributed by atoms with Crippen molar-refractivity contribution in [3.63, 3.8) is 0 Å². The number of sulfonamides is 1. The Labute approximate surface area is 225 Å². The van der Waals surface area contributed by atoms with Crippen molar-refractivity contribution in [3.05, 3.63) is 130 Å². The van der Waals surface area contributed by atoms with Crippen molar-refractivity contribution in [3.8, 4) is 5.75 Å². The second-order valence-electron chi connectivity index (χ2n) is 8.22. The van der Waals surface area contributed by atoms with Crippen molar-refractivity contribution >= 4 is 33.5 Å². The maximum atomic E-state index is 13.7.